The number of halogens is 2. The van der Waals surface area contributed by atoms with Gasteiger partial charge in [-0.25, -0.2) is 4.98 Å². The first-order valence-corrected chi connectivity index (χ1v) is 4.32. The van der Waals surface area contributed by atoms with E-state index < -0.39 is 4.92 Å². The monoisotopic (exact) mass is 231 g/mol. The zero-order valence-corrected chi connectivity index (χ0v) is 8.13. The highest BCUT2D eigenvalue weighted by Crippen LogP contribution is 2.35. The highest BCUT2D eigenvalue weighted by molar-refractivity contribution is 6.41. The molecule has 2 aromatic rings. The minimum absolute atomic E-state index is 0.0203. The third-order valence-electron chi connectivity index (χ3n) is 1.77. The van der Waals surface area contributed by atoms with Gasteiger partial charge in [0.1, 0.15) is 10.5 Å². The number of nitro groups is 1. The molecule has 1 heterocycles. The van der Waals surface area contributed by atoms with E-state index >= 15 is 0 Å². The van der Waals surface area contributed by atoms with Crippen LogP contribution in [0.1, 0.15) is 0 Å². The van der Waals surface area contributed by atoms with Crippen molar-refractivity contribution in [1.82, 2.24) is 9.97 Å². The SMILES string of the molecule is O=[N+]([O-])c1cc(Cl)c2nc[nH]c2c1Cl. The highest BCUT2D eigenvalue weighted by atomic mass is 35.5. The van der Waals surface area contributed by atoms with Crippen molar-refractivity contribution in [1.29, 1.82) is 0 Å². The first kappa shape index (κ1) is 9.23. The summed E-state index contributed by atoms with van der Waals surface area (Å²) in [4.78, 5) is 16.6. The lowest BCUT2D eigenvalue weighted by Gasteiger charge is -1.97. The quantitative estimate of drug-likeness (QED) is 0.606. The summed E-state index contributed by atoms with van der Waals surface area (Å²) in [5.41, 5.74) is 0.585. The van der Waals surface area contributed by atoms with Crippen LogP contribution < -0.4 is 0 Å². The van der Waals surface area contributed by atoms with Crippen LogP contribution in [-0.4, -0.2) is 14.9 Å². The number of nitrogens with one attached hydrogen (secondary N) is 1. The Morgan fingerprint density at radius 1 is 1.50 bits per heavy atom. The molecule has 1 aromatic heterocycles. The normalized spacial score (nSPS) is 10.7. The van der Waals surface area contributed by atoms with Crippen molar-refractivity contribution in [2.45, 2.75) is 0 Å². The second kappa shape index (κ2) is 3.11. The number of rotatable bonds is 1. The number of nitrogens with zero attached hydrogens (tertiary/aromatic N) is 2. The molecule has 0 fully saturated rings. The standard InChI is InChI=1S/C7H3Cl2N3O2/c8-3-1-4(12(13)14)5(9)7-6(3)10-2-11-7/h1-2H,(H,10,11). The van der Waals surface area contributed by atoms with Gasteiger partial charge < -0.3 is 4.98 Å². The molecule has 0 amide bonds. The van der Waals surface area contributed by atoms with Crippen LogP contribution in [0.2, 0.25) is 10.0 Å². The number of benzene rings is 1. The summed E-state index contributed by atoms with van der Waals surface area (Å²) in [6.07, 6.45) is 1.38. The van der Waals surface area contributed by atoms with Gasteiger partial charge in [0.2, 0.25) is 0 Å². The van der Waals surface area contributed by atoms with E-state index in [-0.39, 0.29) is 15.7 Å². The number of aromatic amines is 1. The van der Waals surface area contributed by atoms with Gasteiger partial charge in [-0.1, -0.05) is 23.2 Å². The molecule has 72 valence electrons. The number of hydrogen-bond donors (Lipinski definition) is 1. The minimum Gasteiger partial charge on any atom is -0.343 e. The van der Waals surface area contributed by atoms with Gasteiger partial charge in [-0.3, -0.25) is 10.1 Å². The van der Waals surface area contributed by atoms with Crippen LogP contribution in [0.25, 0.3) is 11.0 Å². The Bertz CT molecular complexity index is 523. The maximum Gasteiger partial charge on any atom is 0.291 e. The molecular formula is C7H3Cl2N3O2. The van der Waals surface area contributed by atoms with Gasteiger partial charge in [0.05, 0.1) is 21.8 Å². The lowest BCUT2D eigenvalue weighted by Crippen LogP contribution is -1.90. The van der Waals surface area contributed by atoms with Gasteiger partial charge in [-0.15, -0.1) is 0 Å². The van der Waals surface area contributed by atoms with E-state index in [1.807, 2.05) is 0 Å². The summed E-state index contributed by atoms with van der Waals surface area (Å²) >= 11 is 11.6. The first-order valence-electron chi connectivity index (χ1n) is 3.56. The third kappa shape index (κ3) is 1.21. The van der Waals surface area contributed by atoms with E-state index in [2.05, 4.69) is 9.97 Å². The third-order valence-corrected chi connectivity index (χ3v) is 2.44. The highest BCUT2D eigenvalue weighted by Gasteiger charge is 2.19. The Labute approximate surface area is 87.8 Å². The zero-order valence-electron chi connectivity index (χ0n) is 6.62. The second-order valence-electron chi connectivity index (χ2n) is 2.57. The maximum atomic E-state index is 10.6. The second-order valence-corrected chi connectivity index (χ2v) is 3.36. The van der Waals surface area contributed by atoms with E-state index in [0.29, 0.717) is 11.0 Å². The number of imidazole rings is 1. The molecule has 14 heavy (non-hydrogen) atoms. The fraction of sp³-hybridized carbons (Fsp3) is 0. The van der Waals surface area contributed by atoms with Gasteiger partial charge >= 0.3 is 0 Å². The summed E-state index contributed by atoms with van der Waals surface area (Å²) in [7, 11) is 0. The molecule has 1 N–H and O–H groups in total. The molecule has 0 saturated carbocycles. The van der Waals surface area contributed by atoms with Crippen LogP contribution in [-0.2, 0) is 0 Å². The van der Waals surface area contributed by atoms with Gasteiger partial charge in [0, 0.05) is 6.07 Å². The smallest absolute Gasteiger partial charge is 0.291 e. The number of nitro benzene ring substituents is 1. The summed E-state index contributed by atoms with van der Waals surface area (Å²) in [5.74, 6) is 0. The molecule has 0 saturated heterocycles. The molecule has 5 nitrogen and oxygen atoms in total. The predicted molar refractivity (Wildman–Crippen MR) is 52.8 cm³/mol. The predicted octanol–water partition coefficient (Wildman–Crippen LogP) is 2.78. The van der Waals surface area contributed by atoms with Crippen molar-refractivity contribution in [2.75, 3.05) is 0 Å². The molecule has 0 atom stereocenters. The van der Waals surface area contributed by atoms with E-state index in [9.17, 15) is 10.1 Å². The summed E-state index contributed by atoms with van der Waals surface area (Å²) in [6, 6.07) is 1.19. The van der Waals surface area contributed by atoms with E-state index in [1.165, 1.54) is 12.4 Å². The fourth-order valence-electron chi connectivity index (χ4n) is 1.16. The number of H-pyrrole nitrogens is 1. The molecule has 0 aliphatic rings. The molecule has 7 heteroatoms. The van der Waals surface area contributed by atoms with Crippen LogP contribution in [0.3, 0.4) is 0 Å². The Morgan fingerprint density at radius 3 is 2.86 bits per heavy atom. The van der Waals surface area contributed by atoms with Crippen LogP contribution in [0.15, 0.2) is 12.4 Å². The number of fused-ring (bicyclic) bond motifs is 1. The average Bonchev–Trinajstić information content (AvgIpc) is 2.59. The maximum absolute atomic E-state index is 10.6. The molecule has 0 radical (unpaired) electrons. The Morgan fingerprint density at radius 2 is 2.21 bits per heavy atom. The van der Waals surface area contributed by atoms with Crippen molar-refractivity contribution in [2.24, 2.45) is 0 Å². The first-order chi connectivity index (χ1) is 6.61. The van der Waals surface area contributed by atoms with Crippen LogP contribution in [0.4, 0.5) is 5.69 Å². The molecule has 0 unspecified atom stereocenters. The molecule has 0 aliphatic carbocycles. The molecule has 0 bridgehead atoms. The molecule has 0 aliphatic heterocycles. The van der Waals surface area contributed by atoms with Gasteiger partial charge in [0.25, 0.3) is 5.69 Å². The van der Waals surface area contributed by atoms with Crippen molar-refractivity contribution in [3.8, 4) is 0 Å². The van der Waals surface area contributed by atoms with Crippen LogP contribution in [0.5, 0.6) is 0 Å². The van der Waals surface area contributed by atoms with E-state index in [1.54, 1.807) is 0 Å². The lowest BCUT2D eigenvalue weighted by atomic mass is 10.3. The van der Waals surface area contributed by atoms with Gasteiger partial charge in [-0.2, -0.15) is 0 Å². The van der Waals surface area contributed by atoms with Crippen LogP contribution in [0, 0.1) is 10.1 Å². The Hall–Kier alpha value is -1.33. The Balaban J connectivity index is 2.88. The fourth-order valence-corrected chi connectivity index (χ4v) is 1.67. The van der Waals surface area contributed by atoms with Gasteiger partial charge in [-0.05, 0) is 0 Å². The number of hydrogen-bond acceptors (Lipinski definition) is 3. The molecular weight excluding hydrogens is 229 g/mol. The summed E-state index contributed by atoms with van der Waals surface area (Å²) in [5, 5.41) is 10.8. The van der Waals surface area contributed by atoms with Gasteiger partial charge in [0.15, 0.2) is 0 Å². The van der Waals surface area contributed by atoms with Crippen LogP contribution >= 0.6 is 23.2 Å². The van der Waals surface area contributed by atoms with E-state index in [4.69, 9.17) is 23.2 Å². The minimum atomic E-state index is -0.589. The molecule has 1 aromatic carbocycles. The van der Waals surface area contributed by atoms with Crippen molar-refractivity contribution in [3.63, 3.8) is 0 Å². The topological polar surface area (TPSA) is 71.8 Å². The zero-order chi connectivity index (χ0) is 10.3. The summed E-state index contributed by atoms with van der Waals surface area (Å²) < 4.78 is 0. The molecule has 2 rings (SSSR count). The van der Waals surface area contributed by atoms with Crippen molar-refractivity contribution >= 4 is 39.9 Å². The number of aromatic nitrogens is 2. The largest absolute Gasteiger partial charge is 0.343 e. The summed E-state index contributed by atoms with van der Waals surface area (Å²) in [6.45, 7) is 0. The van der Waals surface area contributed by atoms with Crippen molar-refractivity contribution in [3.05, 3.63) is 32.6 Å². The van der Waals surface area contributed by atoms with Crippen molar-refractivity contribution < 1.29 is 4.92 Å². The molecule has 0 spiro atoms. The Kier molecular flexibility index (Phi) is 2.05. The average molecular weight is 232 g/mol. The van der Waals surface area contributed by atoms with E-state index in [0.717, 1.165) is 0 Å². The lowest BCUT2D eigenvalue weighted by molar-refractivity contribution is -0.384.